The molecule has 34 heavy (non-hydrogen) atoms. The number of halogens is 2. The summed E-state index contributed by atoms with van der Waals surface area (Å²) in [6.45, 7) is 4.92. The summed E-state index contributed by atoms with van der Waals surface area (Å²) < 4.78 is 40.5. The van der Waals surface area contributed by atoms with E-state index < -0.39 is 17.7 Å². The molecule has 0 aliphatic rings. The minimum absolute atomic E-state index is 0.0570. The molecule has 1 N–H and O–H groups in total. The van der Waals surface area contributed by atoms with Crippen LogP contribution < -0.4 is 4.74 Å². The molecule has 0 saturated heterocycles. The molecule has 180 valence electrons. The summed E-state index contributed by atoms with van der Waals surface area (Å²) in [6.07, 6.45) is 4.44. The fourth-order valence-electron chi connectivity index (χ4n) is 3.55. The summed E-state index contributed by atoms with van der Waals surface area (Å²) in [5.41, 5.74) is 2.25. The van der Waals surface area contributed by atoms with E-state index in [-0.39, 0.29) is 25.0 Å². The molecular weight excluding hydrogens is 440 g/mol. The SMILES string of the molecule is C#CCOC[C@@H](O)CN(Cc1c(-c2ccccc2)nn(C)c1Oc1ccc(F)cc1F)C(C)C. The molecular formula is C26H29F2N3O3. The van der Waals surface area contributed by atoms with Crippen molar-refractivity contribution in [1.82, 2.24) is 14.7 Å². The Balaban J connectivity index is 1.97. The molecule has 0 bridgehead atoms. The molecule has 1 heterocycles. The smallest absolute Gasteiger partial charge is 0.222 e. The lowest BCUT2D eigenvalue weighted by Gasteiger charge is -2.29. The van der Waals surface area contributed by atoms with Crippen molar-refractivity contribution < 1.29 is 23.4 Å². The van der Waals surface area contributed by atoms with E-state index >= 15 is 0 Å². The molecule has 6 nitrogen and oxygen atoms in total. The van der Waals surface area contributed by atoms with Crippen molar-refractivity contribution >= 4 is 0 Å². The second kappa shape index (κ2) is 11.7. The zero-order valence-electron chi connectivity index (χ0n) is 19.5. The van der Waals surface area contributed by atoms with E-state index in [9.17, 15) is 13.9 Å². The third-order valence-corrected chi connectivity index (χ3v) is 5.27. The van der Waals surface area contributed by atoms with E-state index in [1.54, 1.807) is 7.05 Å². The van der Waals surface area contributed by atoms with Crippen LogP contribution in [0.1, 0.15) is 19.4 Å². The van der Waals surface area contributed by atoms with E-state index in [0.29, 0.717) is 30.2 Å². The number of aliphatic hydroxyl groups excluding tert-OH is 1. The molecule has 2 aromatic carbocycles. The van der Waals surface area contributed by atoms with Gasteiger partial charge < -0.3 is 14.6 Å². The first-order valence-electron chi connectivity index (χ1n) is 11.0. The predicted molar refractivity (Wildman–Crippen MR) is 126 cm³/mol. The first-order chi connectivity index (χ1) is 16.3. The Morgan fingerprint density at radius 2 is 1.91 bits per heavy atom. The maximum atomic E-state index is 14.4. The fraction of sp³-hybridized carbons (Fsp3) is 0.346. The monoisotopic (exact) mass is 469 g/mol. The number of ether oxygens (including phenoxy) is 2. The molecule has 1 aromatic heterocycles. The number of aryl methyl sites for hydroxylation is 1. The second-order valence-corrected chi connectivity index (χ2v) is 8.20. The van der Waals surface area contributed by atoms with Crippen molar-refractivity contribution in [2.75, 3.05) is 19.8 Å². The third-order valence-electron chi connectivity index (χ3n) is 5.27. The highest BCUT2D eigenvalue weighted by molar-refractivity contribution is 5.65. The van der Waals surface area contributed by atoms with Gasteiger partial charge in [0.15, 0.2) is 11.6 Å². The van der Waals surface area contributed by atoms with Crippen LogP contribution in [0.25, 0.3) is 11.3 Å². The lowest BCUT2D eigenvalue weighted by atomic mass is 10.1. The van der Waals surface area contributed by atoms with Crippen LogP contribution in [0.15, 0.2) is 48.5 Å². The van der Waals surface area contributed by atoms with Crippen LogP contribution in [0, 0.1) is 24.0 Å². The maximum absolute atomic E-state index is 14.4. The molecule has 0 aliphatic heterocycles. The molecule has 3 aromatic rings. The van der Waals surface area contributed by atoms with Crippen LogP contribution in [-0.2, 0) is 18.3 Å². The van der Waals surface area contributed by atoms with Gasteiger partial charge in [0.2, 0.25) is 5.88 Å². The van der Waals surface area contributed by atoms with Crippen molar-refractivity contribution in [3.05, 3.63) is 65.7 Å². The Morgan fingerprint density at radius 1 is 1.18 bits per heavy atom. The normalized spacial score (nSPS) is 12.2. The average Bonchev–Trinajstić information content (AvgIpc) is 3.11. The van der Waals surface area contributed by atoms with Gasteiger partial charge in [-0.25, -0.2) is 13.5 Å². The van der Waals surface area contributed by atoms with Crippen molar-refractivity contribution in [2.45, 2.75) is 32.5 Å². The van der Waals surface area contributed by atoms with Crippen LogP contribution >= 0.6 is 0 Å². The molecule has 0 spiro atoms. The first kappa shape index (κ1) is 25.4. The zero-order valence-corrected chi connectivity index (χ0v) is 19.5. The molecule has 0 fully saturated rings. The molecule has 8 heteroatoms. The van der Waals surface area contributed by atoms with Crippen molar-refractivity contribution in [1.29, 1.82) is 0 Å². The summed E-state index contributed by atoms with van der Waals surface area (Å²) in [7, 11) is 1.70. The van der Waals surface area contributed by atoms with Gasteiger partial charge in [-0.2, -0.15) is 5.10 Å². The molecule has 1 atom stereocenters. The number of hydrogen-bond acceptors (Lipinski definition) is 5. The number of aliphatic hydroxyl groups is 1. The summed E-state index contributed by atoms with van der Waals surface area (Å²) in [4.78, 5) is 2.04. The summed E-state index contributed by atoms with van der Waals surface area (Å²) in [6, 6.07) is 12.8. The van der Waals surface area contributed by atoms with E-state index in [1.165, 1.54) is 10.7 Å². The maximum Gasteiger partial charge on any atom is 0.222 e. The highest BCUT2D eigenvalue weighted by Crippen LogP contribution is 2.35. The van der Waals surface area contributed by atoms with Gasteiger partial charge in [0.1, 0.15) is 18.1 Å². The fourth-order valence-corrected chi connectivity index (χ4v) is 3.55. The van der Waals surface area contributed by atoms with Crippen LogP contribution in [-0.4, -0.2) is 51.7 Å². The Labute approximate surface area is 198 Å². The minimum Gasteiger partial charge on any atom is -0.436 e. The van der Waals surface area contributed by atoms with Crippen LogP contribution in [0.3, 0.4) is 0 Å². The number of aromatic nitrogens is 2. The van der Waals surface area contributed by atoms with Crippen molar-refractivity contribution in [2.24, 2.45) is 7.05 Å². The topological polar surface area (TPSA) is 59.8 Å². The zero-order chi connectivity index (χ0) is 24.7. The van der Waals surface area contributed by atoms with Gasteiger partial charge in [0.25, 0.3) is 0 Å². The molecule has 3 rings (SSSR count). The van der Waals surface area contributed by atoms with Gasteiger partial charge >= 0.3 is 0 Å². The lowest BCUT2D eigenvalue weighted by molar-refractivity contribution is 0.0191. The molecule has 0 unspecified atom stereocenters. The highest BCUT2D eigenvalue weighted by atomic mass is 19.1. The van der Waals surface area contributed by atoms with Gasteiger partial charge in [-0.1, -0.05) is 36.3 Å². The summed E-state index contributed by atoms with van der Waals surface area (Å²) in [5.74, 6) is 1.10. The Morgan fingerprint density at radius 3 is 2.56 bits per heavy atom. The third kappa shape index (κ3) is 6.41. The highest BCUT2D eigenvalue weighted by Gasteiger charge is 2.25. The van der Waals surface area contributed by atoms with E-state index in [1.807, 2.05) is 49.1 Å². The number of rotatable bonds is 11. The minimum atomic E-state index is -0.810. The van der Waals surface area contributed by atoms with Gasteiger partial charge in [0.05, 0.1) is 18.3 Å². The largest absolute Gasteiger partial charge is 0.436 e. The Hall–Kier alpha value is -3.25. The molecule has 0 aliphatic carbocycles. The second-order valence-electron chi connectivity index (χ2n) is 8.20. The van der Waals surface area contributed by atoms with E-state index in [0.717, 1.165) is 17.7 Å². The number of benzene rings is 2. The predicted octanol–water partition coefficient (Wildman–Crippen LogP) is 4.38. The molecule has 0 amide bonds. The summed E-state index contributed by atoms with van der Waals surface area (Å²) >= 11 is 0. The number of nitrogens with zero attached hydrogens (tertiary/aromatic N) is 3. The van der Waals surface area contributed by atoms with Gasteiger partial charge in [0, 0.05) is 37.8 Å². The van der Waals surface area contributed by atoms with Gasteiger partial charge in [-0.3, -0.25) is 4.90 Å². The first-order valence-corrected chi connectivity index (χ1v) is 11.0. The van der Waals surface area contributed by atoms with E-state index in [4.69, 9.17) is 15.9 Å². The number of hydrogen-bond donors (Lipinski definition) is 1. The van der Waals surface area contributed by atoms with E-state index in [2.05, 4.69) is 11.0 Å². The van der Waals surface area contributed by atoms with Gasteiger partial charge in [-0.15, -0.1) is 6.42 Å². The number of terminal acetylenes is 1. The van der Waals surface area contributed by atoms with Crippen molar-refractivity contribution in [3.63, 3.8) is 0 Å². The summed E-state index contributed by atoms with van der Waals surface area (Å²) in [5, 5.41) is 15.1. The standard InChI is InChI=1S/C26H29F2N3O3/c1-5-13-33-17-21(32)15-31(18(2)3)16-22-25(19-9-7-6-8-10-19)29-30(4)26(22)34-24-12-11-20(27)14-23(24)28/h1,6-12,14,18,21,32H,13,15-17H2,2-4H3/t21-/m0/s1. The van der Waals surface area contributed by atoms with Crippen LogP contribution in [0.2, 0.25) is 0 Å². The van der Waals surface area contributed by atoms with Crippen molar-refractivity contribution in [3.8, 4) is 35.2 Å². The van der Waals surface area contributed by atoms with Gasteiger partial charge in [-0.05, 0) is 26.0 Å². The Bertz CT molecular complexity index is 1130. The lowest BCUT2D eigenvalue weighted by Crippen LogP contribution is -2.39. The quantitative estimate of drug-likeness (QED) is 0.334. The van der Waals surface area contributed by atoms with Crippen LogP contribution in [0.4, 0.5) is 8.78 Å². The van der Waals surface area contributed by atoms with Crippen LogP contribution in [0.5, 0.6) is 11.6 Å². The average molecular weight is 470 g/mol. The molecule has 0 radical (unpaired) electrons. The Kier molecular flexibility index (Phi) is 8.77. The molecule has 0 saturated carbocycles.